The second-order valence-electron chi connectivity index (χ2n) is 9.70. The number of unbranched alkanes of at least 4 members (excludes halogenated alkanes) is 1. The molecule has 184 valence electrons. The third-order valence-electron chi connectivity index (χ3n) is 6.81. The van der Waals surface area contributed by atoms with Crippen LogP contribution in [0.25, 0.3) is 22.2 Å². The van der Waals surface area contributed by atoms with E-state index in [1.54, 1.807) is 0 Å². The smallest absolute Gasteiger partial charge is 0.0500 e. The van der Waals surface area contributed by atoms with Crippen LogP contribution in [0.15, 0.2) is 65.8 Å². The molecule has 2 heterocycles. The van der Waals surface area contributed by atoms with Crippen LogP contribution < -0.4 is 5.32 Å². The Morgan fingerprint density at radius 1 is 0.971 bits per heavy atom. The Hall–Kier alpha value is -2.56. The summed E-state index contributed by atoms with van der Waals surface area (Å²) >= 11 is 1.82. The number of nitrogens with zero attached hydrogens (tertiary/aromatic N) is 1. The number of fused-ring (bicyclic) bond motifs is 1. The minimum Gasteiger partial charge on any atom is -0.354 e. The lowest BCUT2D eigenvalue weighted by molar-refractivity contribution is 0.534. The molecule has 4 rings (SSSR count). The van der Waals surface area contributed by atoms with E-state index in [1.807, 2.05) is 24.2 Å². The quantitative estimate of drug-likeness (QED) is 0.157. The normalized spacial score (nSPS) is 12.3. The first-order valence-corrected chi connectivity index (χ1v) is 14.2. The van der Waals surface area contributed by atoms with Gasteiger partial charge in [0.05, 0.1) is 5.69 Å². The van der Waals surface area contributed by atoms with Crippen molar-refractivity contribution in [3.63, 3.8) is 0 Å². The van der Waals surface area contributed by atoms with Crippen molar-refractivity contribution in [1.29, 1.82) is 0 Å². The van der Waals surface area contributed by atoms with Crippen molar-refractivity contribution in [2.45, 2.75) is 63.7 Å². The molecule has 1 atom stereocenters. The van der Waals surface area contributed by atoms with E-state index in [2.05, 4.69) is 90.8 Å². The fraction of sp³-hybridized carbons (Fsp3) is 0.387. The van der Waals surface area contributed by atoms with E-state index >= 15 is 0 Å². The van der Waals surface area contributed by atoms with Crippen LogP contribution >= 0.6 is 11.8 Å². The molecule has 0 saturated carbocycles. The zero-order valence-corrected chi connectivity index (χ0v) is 22.5. The number of benzene rings is 2. The van der Waals surface area contributed by atoms with E-state index in [0.717, 1.165) is 19.5 Å². The summed E-state index contributed by atoms with van der Waals surface area (Å²) in [6.07, 6.45) is 11.8. The summed E-state index contributed by atoms with van der Waals surface area (Å²) in [5.74, 6) is 0.474. The molecule has 2 N–H and O–H groups in total. The molecular formula is C31H39N3S. The molecule has 4 aromatic rings. The van der Waals surface area contributed by atoms with Gasteiger partial charge in [0.15, 0.2) is 0 Å². The number of nitrogens with one attached hydrogen (secondary N) is 2. The molecule has 0 saturated heterocycles. The predicted molar refractivity (Wildman–Crippen MR) is 153 cm³/mol. The average Bonchev–Trinajstić information content (AvgIpc) is 3.24. The van der Waals surface area contributed by atoms with Crippen molar-refractivity contribution < 1.29 is 0 Å². The van der Waals surface area contributed by atoms with Gasteiger partial charge in [0.1, 0.15) is 0 Å². The second-order valence-corrected chi connectivity index (χ2v) is 10.6. The highest BCUT2D eigenvalue weighted by Crippen LogP contribution is 2.39. The summed E-state index contributed by atoms with van der Waals surface area (Å²) in [5.41, 5.74) is 9.33. The van der Waals surface area contributed by atoms with E-state index in [1.165, 1.54) is 75.0 Å². The number of pyridine rings is 1. The van der Waals surface area contributed by atoms with Gasteiger partial charge in [-0.15, -0.1) is 11.8 Å². The molecule has 0 spiro atoms. The van der Waals surface area contributed by atoms with E-state index in [0.29, 0.717) is 5.92 Å². The monoisotopic (exact) mass is 485 g/mol. The third kappa shape index (κ3) is 6.56. The minimum atomic E-state index is 0.474. The van der Waals surface area contributed by atoms with Crippen molar-refractivity contribution in [1.82, 2.24) is 15.3 Å². The maximum absolute atomic E-state index is 4.12. The first kappa shape index (κ1) is 25.5. The highest BCUT2D eigenvalue weighted by Gasteiger charge is 2.22. The molecule has 35 heavy (non-hydrogen) atoms. The Kier molecular flexibility index (Phi) is 9.06. The highest BCUT2D eigenvalue weighted by molar-refractivity contribution is 7.98. The minimum absolute atomic E-state index is 0.474. The van der Waals surface area contributed by atoms with Crippen molar-refractivity contribution in [2.24, 2.45) is 0 Å². The van der Waals surface area contributed by atoms with Crippen LogP contribution in [0.1, 0.15) is 60.8 Å². The lowest BCUT2D eigenvalue weighted by Crippen LogP contribution is -2.23. The van der Waals surface area contributed by atoms with E-state index < -0.39 is 0 Å². The van der Waals surface area contributed by atoms with E-state index in [-0.39, 0.29) is 0 Å². The van der Waals surface area contributed by atoms with Crippen LogP contribution in [0.5, 0.6) is 0 Å². The summed E-state index contributed by atoms with van der Waals surface area (Å²) in [4.78, 5) is 9.25. The number of rotatable bonds is 12. The molecule has 0 amide bonds. The fourth-order valence-corrected chi connectivity index (χ4v) is 5.63. The molecule has 0 aliphatic heterocycles. The van der Waals surface area contributed by atoms with Gasteiger partial charge in [0.2, 0.25) is 0 Å². The number of H-pyrrole nitrogens is 1. The van der Waals surface area contributed by atoms with Crippen molar-refractivity contribution >= 4 is 22.7 Å². The zero-order valence-electron chi connectivity index (χ0n) is 21.7. The molecule has 0 fully saturated rings. The van der Waals surface area contributed by atoms with Crippen molar-refractivity contribution in [3.05, 3.63) is 83.2 Å². The standard InChI is InChI=1S/C31H39N3S/c1-5-8-25(21-33-14-7-6-9-24-12-15-32-16-13-24)30-28-20-27(35-4)10-11-29(28)34-31(30)26-18-22(2)17-23(3)19-26/h10-13,15-20,25,33-34H,5-9,14,21H2,1-4H3. The van der Waals surface area contributed by atoms with Crippen LogP contribution in [0.2, 0.25) is 0 Å². The summed E-state index contributed by atoms with van der Waals surface area (Å²) < 4.78 is 0. The van der Waals surface area contributed by atoms with Crippen LogP contribution in [-0.4, -0.2) is 29.3 Å². The lowest BCUT2D eigenvalue weighted by Gasteiger charge is -2.20. The molecule has 0 aliphatic carbocycles. The van der Waals surface area contributed by atoms with Gasteiger partial charge >= 0.3 is 0 Å². The van der Waals surface area contributed by atoms with Crippen molar-refractivity contribution in [2.75, 3.05) is 19.3 Å². The van der Waals surface area contributed by atoms with Gasteiger partial charge in [-0.25, -0.2) is 0 Å². The van der Waals surface area contributed by atoms with Crippen LogP contribution in [-0.2, 0) is 6.42 Å². The third-order valence-corrected chi connectivity index (χ3v) is 7.54. The molecule has 2 aromatic carbocycles. The second kappa shape index (κ2) is 12.4. The van der Waals surface area contributed by atoms with E-state index in [9.17, 15) is 0 Å². The topological polar surface area (TPSA) is 40.7 Å². The predicted octanol–water partition coefficient (Wildman–Crippen LogP) is 8.06. The molecule has 0 aliphatic rings. The van der Waals surface area contributed by atoms with Gasteiger partial charge in [-0.1, -0.05) is 30.5 Å². The van der Waals surface area contributed by atoms with Gasteiger partial charge < -0.3 is 10.3 Å². The van der Waals surface area contributed by atoms with Gasteiger partial charge in [-0.3, -0.25) is 4.98 Å². The summed E-state index contributed by atoms with van der Waals surface area (Å²) in [6.45, 7) is 8.77. The van der Waals surface area contributed by atoms with Gasteiger partial charge in [0, 0.05) is 34.7 Å². The lowest BCUT2D eigenvalue weighted by atomic mass is 9.89. The summed E-state index contributed by atoms with van der Waals surface area (Å²) in [5, 5.41) is 5.19. The summed E-state index contributed by atoms with van der Waals surface area (Å²) in [6, 6.07) is 18.0. The van der Waals surface area contributed by atoms with Gasteiger partial charge in [-0.05, 0) is 117 Å². The van der Waals surface area contributed by atoms with Gasteiger partial charge in [-0.2, -0.15) is 0 Å². The number of hydrogen-bond donors (Lipinski definition) is 2. The maximum atomic E-state index is 4.12. The molecule has 0 bridgehead atoms. The highest BCUT2D eigenvalue weighted by atomic mass is 32.2. The number of hydrogen-bond acceptors (Lipinski definition) is 3. The van der Waals surface area contributed by atoms with E-state index in [4.69, 9.17) is 0 Å². The Balaban J connectivity index is 1.56. The van der Waals surface area contributed by atoms with Crippen LogP contribution in [0.4, 0.5) is 0 Å². The molecule has 0 radical (unpaired) electrons. The van der Waals surface area contributed by atoms with Gasteiger partial charge in [0.25, 0.3) is 0 Å². The fourth-order valence-electron chi connectivity index (χ4n) is 5.19. The number of aryl methyl sites for hydroxylation is 3. The molecule has 2 aromatic heterocycles. The Morgan fingerprint density at radius 2 is 1.74 bits per heavy atom. The van der Waals surface area contributed by atoms with Crippen molar-refractivity contribution in [3.8, 4) is 11.3 Å². The summed E-state index contributed by atoms with van der Waals surface area (Å²) in [7, 11) is 0. The molecule has 4 heteroatoms. The molecular weight excluding hydrogens is 446 g/mol. The maximum Gasteiger partial charge on any atom is 0.0500 e. The number of thioether (sulfide) groups is 1. The number of aromatic nitrogens is 2. The number of aromatic amines is 1. The first-order valence-electron chi connectivity index (χ1n) is 13.0. The Labute approximate surface area is 215 Å². The average molecular weight is 486 g/mol. The Morgan fingerprint density at radius 3 is 2.46 bits per heavy atom. The first-order chi connectivity index (χ1) is 17.1. The SMILES string of the molecule is CCCC(CNCCCCc1ccncc1)c1c(-c2cc(C)cc(C)c2)[nH]c2ccc(SC)cc12. The zero-order chi connectivity index (χ0) is 24.6. The largest absolute Gasteiger partial charge is 0.354 e. The van der Waals surface area contributed by atoms with Crippen LogP contribution in [0.3, 0.4) is 0 Å². The van der Waals surface area contributed by atoms with Crippen LogP contribution in [0, 0.1) is 13.8 Å². The molecule has 1 unspecified atom stereocenters. The molecule has 3 nitrogen and oxygen atoms in total. The Bertz CT molecular complexity index is 1210.